The van der Waals surface area contributed by atoms with Crippen molar-refractivity contribution < 1.29 is 4.52 Å². The van der Waals surface area contributed by atoms with Crippen LogP contribution in [0.5, 0.6) is 0 Å². The van der Waals surface area contributed by atoms with Gasteiger partial charge in [-0.1, -0.05) is 16.8 Å². The molecule has 2 N–H and O–H groups in total. The molecule has 0 radical (unpaired) electrons. The van der Waals surface area contributed by atoms with Crippen molar-refractivity contribution in [2.75, 3.05) is 5.32 Å². The second-order valence-electron chi connectivity index (χ2n) is 4.96. The molecule has 5 nitrogen and oxygen atoms in total. The molecule has 2 aromatic heterocycles. The van der Waals surface area contributed by atoms with Crippen LogP contribution in [0.25, 0.3) is 11.1 Å². The van der Waals surface area contributed by atoms with Gasteiger partial charge in [-0.05, 0) is 44.2 Å². The van der Waals surface area contributed by atoms with Gasteiger partial charge in [-0.3, -0.25) is 4.79 Å². The van der Waals surface area contributed by atoms with Crippen molar-refractivity contribution >= 4 is 23.0 Å². The maximum Gasteiger partial charge on any atom is 0.271 e. The summed E-state index contributed by atoms with van der Waals surface area (Å²) in [4.78, 5) is 14.7. The van der Waals surface area contributed by atoms with Gasteiger partial charge in [-0.2, -0.15) is 0 Å². The number of hydrogen-bond donors (Lipinski definition) is 2. The lowest BCUT2D eigenvalue weighted by Crippen LogP contribution is -2.11. The molecule has 0 bridgehead atoms. The summed E-state index contributed by atoms with van der Waals surface area (Å²) in [5.41, 5.74) is 3.53. The average Bonchev–Trinajstić information content (AvgIpc) is 2.83. The summed E-state index contributed by atoms with van der Waals surface area (Å²) in [7, 11) is 0. The number of H-pyrrole nitrogens is 1. The topological polar surface area (TPSA) is 70.9 Å². The highest BCUT2D eigenvalue weighted by Gasteiger charge is 2.13. The Morgan fingerprint density at radius 2 is 1.95 bits per heavy atom. The molecule has 112 valence electrons. The third kappa shape index (κ3) is 2.76. The zero-order valence-electron chi connectivity index (χ0n) is 12.1. The Labute approximate surface area is 131 Å². The van der Waals surface area contributed by atoms with E-state index in [1.54, 1.807) is 24.4 Å². The first kappa shape index (κ1) is 14.4. The SMILES string of the molecule is Cc1noc(C)c1-c1c[nH]c(=O)c(Nc2ccc(Cl)cc2)c1. The first-order valence-corrected chi connectivity index (χ1v) is 7.11. The lowest BCUT2D eigenvalue weighted by Gasteiger charge is -2.07. The van der Waals surface area contributed by atoms with Crippen LogP contribution in [0.1, 0.15) is 11.5 Å². The molecule has 3 rings (SSSR count). The number of rotatable bonds is 3. The molecule has 2 heterocycles. The Hall–Kier alpha value is -2.53. The third-order valence-electron chi connectivity index (χ3n) is 3.35. The minimum Gasteiger partial charge on any atom is -0.361 e. The molecule has 0 atom stereocenters. The van der Waals surface area contributed by atoms with Crippen molar-refractivity contribution in [3.8, 4) is 11.1 Å². The molecule has 0 saturated heterocycles. The summed E-state index contributed by atoms with van der Waals surface area (Å²) in [5, 5.41) is 7.67. The summed E-state index contributed by atoms with van der Waals surface area (Å²) in [6.45, 7) is 3.70. The van der Waals surface area contributed by atoms with Gasteiger partial charge in [-0.15, -0.1) is 0 Å². The summed E-state index contributed by atoms with van der Waals surface area (Å²) in [6, 6.07) is 8.92. The van der Waals surface area contributed by atoms with Gasteiger partial charge in [0.15, 0.2) is 0 Å². The number of nitrogens with one attached hydrogen (secondary N) is 2. The molecule has 0 spiro atoms. The molecule has 1 aromatic carbocycles. The lowest BCUT2D eigenvalue weighted by molar-refractivity contribution is 0.393. The standard InChI is InChI=1S/C16H14ClN3O2/c1-9-15(10(2)22-20-9)11-7-14(16(21)18-8-11)19-13-5-3-12(17)4-6-13/h3-8,19H,1-2H3,(H,18,21). The number of benzene rings is 1. The van der Waals surface area contributed by atoms with Crippen molar-refractivity contribution in [1.29, 1.82) is 0 Å². The number of anilines is 2. The number of halogens is 1. The van der Waals surface area contributed by atoms with Crippen molar-refractivity contribution in [1.82, 2.24) is 10.1 Å². The number of aryl methyl sites for hydroxylation is 2. The molecule has 3 aromatic rings. The number of hydrogen-bond acceptors (Lipinski definition) is 4. The Balaban J connectivity index is 2.00. The molecule has 0 aliphatic heterocycles. The fraction of sp³-hybridized carbons (Fsp3) is 0.125. The van der Waals surface area contributed by atoms with Crippen LogP contribution < -0.4 is 10.9 Å². The molecular weight excluding hydrogens is 302 g/mol. The molecular formula is C16H14ClN3O2. The maximum atomic E-state index is 12.0. The van der Waals surface area contributed by atoms with Gasteiger partial charge < -0.3 is 14.8 Å². The van der Waals surface area contributed by atoms with E-state index in [-0.39, 0.29) is 5.56 Å². The quantitative estimate of drug-likeness (QED) is 0.765. The largest absolute Gasteiger partial charge is 0.361 e. The van der Waals surface area contributed by atoms with Crippen molar-refractivity contribution in [2.24, 2.45) is 0 Å². The molecule has 0 unspecified atom stereocenters. The zero-order valence-corrected chi connectivity index (χ0v) is 12.9. The average molecular weight is 316 g/mol. The molecule has 0 aliphatic carbocycles. The van der Waals surface area contributed by atoms with E-state index in [0.717, 1.165) is 22.5 Å². The normalized spacial score (nSPS) is 10.7. The Morgan fingerprint density at radius 1 is 1.23 bits per heavy atom. The van der Waals surface area contributed by atoms with Crippen LogP contribution >= 0.6 is 11.6 Å². The van der Waals surface area contributed by atoms with Crippen LogP contribution in [-0.2, 0) is 0 Å². The highest BCUT2D eigenvalue weighted by molar-refractivity contribution is 6.30. The van der Waals surface area contributed by atoms with Gasteiger partial charge in [0.2, 0.25) is 0 Å². The van der Waals surface area contributed by atoms with Gasteiger partial charge in [0, 0.05) is 28.0 Å². The molecule has 0 saturated carbocycles. The Bertz CT molecular complexity index is 846. The number of aromatic nitrogens is 2. The summed E-state index contributed by atoms with van der Waals surface area (Å²) in [6.07, 6.45) is 1.65. The van der Waals surface area contributed by atoms with Crippen LogP contribution in [0.15, 0.2) is 45.8 Å². The highest BCUT2D eigenvalue weighted by Crippen LogP contribution is 2.27. The van der Waals surface area contributed by atoms with Crippen LogP contribution in [0, 0.1) is 13.8 Å². The van der Waals surface area contributed by atoms with Gasteiger partial charge in [-0.25, -0.2) is 0 Å². The monoisotopic (exact) mass is 315 g/mol. The maximum absolute atomic E-state index is 12.0. The van der Waals surface area contributed by atoms with E-state index in [1.165, 1.54) is 0 Å². The smallest absolute Gasteiger partial charge is 0.271 e. The number of aromatic amines is 1. The second kappa shape index (κ2) is 5.69. The number of nitrogens with zero attached hydrogens (tertiary/aromatic N) is 1. The van der Waals surface area contributed by atoms with Gasteiger partial charge in [0.1, 0.15) is 11.4 Å². The molecule has 22 heavy (non-hydrogen) atoms. The van der Waals surface area contributed by atoms with Crippen LogP contribution in [0.2, 0.25) is 5.02 Å². The first-order chi connectivity index (χ1) is 10.5. The molecule has 0 fully saturated rings. The van der Waals surface area contributed by atoms with Gasteiger partial charge in [0.05, 0.1) is 5.69 Å². The van der Waals surface area contributed by atoms with Gasteiger partial charge in [0.25, 0.3) is 5.56 Å². The van der Waals surface area contributed by atoms with E-state index in [0.29, 0.717) is 16.5 Å². The van der Waals surface area contributed by atoms with E-state index < -0.39 is 0 Å². The summed E-state index contributed by atoms with van der Waals surface area (Å²) in [5.74, 6) is 0.710. The summed E-state index contributed by atoms with van der Waals surface area (Å²) < 4.78 is 5.17. The first-order valence-electron chi connectivity index (χ1n) is 6.73. The van der Waals surface area contributed by atoms with E-state index in [1.807, 2.05) is 26.0 Å². The molecule has 0 amide bonds. The van der Waals surface area contributed by atoms with Gasteiger partial charge >= 0.3 is 0 Å². The lowest BCUT2D eigenvalue weighted by atomic mass is 10.1. The van der Waals surface area contributed by atoms with E-state index in [4.69, 9.17) is 16.1 Å². The predicted octanol–water partition coefficient (Wildman–Crippen LogP) is 4.04. The van der Waals surface area contributed by atoms with Crippen LogP contribution in [0.4, 0.5) is 11.4 Å². The predicted molar refractivity (Wildman–Crippen MR) is 86.8 cm³/mol. The fourth-order valence-electron chi connectivity index (χ4n) is 2.30. The Kier molecular flexibility index (Phi) is 3.73. The summed E-state index contributed by atoms with van der Waals surface area (Å²) >= 11 is 5.86. The van der Waals surface area contributed by atoms with Crippen molar-refractivity contribution in [3.05, 3.63) is 63.4 Å². The van der Waals surface area contributed by atoms with E-state index in [2.05, 4.69) is 15.5 Å². The molecule has 6 heteroatoms. The van der Waals surface area contributed by atoms with E-state index >= 15 is 0 Å². The highest BCUT2D eigenvalue weighted by atomic mass is 35.5. The van der Waals surface area contributed by atoms with Crippen molar-refractivity contribution in [3.63, 3.8) is 0 Å². The number of pyridine rings is 1. The van der Waals surface area contributed by atoms with Crippen LogP contribution in [0.3, 0.4) is 0 Å². The minimum absolute atomic E-state index is 0.203. The fourth-order valence-corrected chi connectivity index (χ4v) is 2.43. The van der Waals surface area contributed by atoms with E-state index in [9.17, 15) is 4.79 Å². The minimum atomic E-state index is -0.203. The zero-order chi connectivity index (χ0) is 15.7. The van der Waals surface area contributed by atoms with Crippen LogP contribution in [-0.4, -0.2) is 10.1 Å². The molecule has 0 aliphatic rings. The van der Waals surface area contributed by atoms with Crippen molar-refractivity contribution in [2.45, 2.75) is 13.8 Å². The third-order valence-corrected chi connectivity index (χ3v) is 3.60. The Morgan fingerprint density at radius 3 is 2.59 bits per heavy atom. The second-order valence-corrected chi connectivity index (χ2v) is 5.40.